The summed E-state index contributed by atoms with van der Waals surface area (Å²) in [5.41, 5.74) is 0.869. The molecule has 1 aromatic rings. The van der Waals surface area contributed by atoms with Gasteiger partial charge in [0.15, 0.2) is 11.6 Å². The van der Waals surface area contributed by atoms with Gasteiger partial charge in [-0.25, -0.2) is 17.5 Å². The van der Waals surface area contributed by atoms with E-state index in [0.29, 0.717) is 13.1 Å². The van der Waals surface area contributed by atoms with Crippen LogP contribution in [0.1, 0.15) is 31.2 Å². The number of nitrogens with zero attached hydrogens (tertiary/aromatic N) is 1. The summed E-state index contributed by atoms with van der Waals surface area (Å²) in [6.07, 6.45) is 3.35. The lowest BCUT2D eigenvalue weighted by Crippen LogP contribution is -2.48. The van der Waals surface area contributed by atoms with Gasteiger partial charge < -0.3 is 4.74 Å². The molecule has 0 amide bonds. The first-order chi connectivity index (χ1) is 11.0. The van der Waals surface area contributed by atoms with Crippen molar-refractivity contribution in [2.75, 3.05) is 20.2 Å². The molecule has 128 valence electrons. The predicted molar refractivity (Wildman–Crippen MR) is 86.3 cm³/mol. The van der Waals surface area contributed by atoms with Gasteiger partial charge >= 0.3 is 0 Å². The molecule has 0 bridgehead atoms. The molecule has 1 saturated carbocycles. The van der Waals surface area contributed by atoms with E-state index in [4.69, 9.17) is 4.74 Å². The Hall–Kier alpha value is -1.18. The number of hydrogen-bond acceptors (Lipinski definition) is 4. The fourth-order valence-corrected chi connectivity index (χ4v) is 4.67. The molecular formula is C16H23FN2O3S. The summed E-state index contributed by atoms with van der Waals surface area (Å²) in [7, 11) is -1.71. The van der Waals surface area contributed by atoms with Crippen molar-refractivity contribution in [2.45, 2.75) is 43.5 Å². The van der Waals surface area contributed by atoms with Gasteiger partial charge in [0.25, 0.3) is 0 Å². The summed E-state index contributed by atoms with van der Waals surface area (Å²) in [6.45, 7) is 2.18. The Kier molecular flexibility index (Phi) is 4.89. The molecule has 1 aromatic carbocycles. The molecule has 5 nitrogen and oxygen atoms in total. The van der Waals surface area contributed by atoms with E-state index in [9.17, 15) is 12.8 Å². The second kappa shape index (κ2) is 6.75. The van der Waals surface area contributed by atoms with Crippen LogP contribution in [0, 0.1) is 5.82 Å². The number of sulfonamides is 1. The minimum absolute atomic E-state index is 0.0440. The normalized spacial score (nSPS) is 23.0. The number of methoxy groups -OCH3 is 1. The number of likely N-dealkylation sites (tertiary alicyclic amines) is 1. The highest BCUT2D eigenvalue weighted by molar-refractivity contribution is 7.90. The van der Waals surface area contributed by atoms with E-state index in [1.807, 2.05) is 6.07 Å². The van der Waals surface area contributed by atoms with Crippen LogP contribution in [0.2, 0.25) is 0 Å². The smallest absolute Gasteiger partial charge is 0.214 e. The van der Waals surface area contributed by atoms with Gasteiger partial charge in [0, 0.05) is 19.1 Å². The van der Waals surface area contributed by atoms with Gasteiger partial charge in [0.1, 0.15) is 0 Å². The third-order valence-electron chi connectivity index (χ3n) is 4.42. The molecule has 2 aliphatic rings. The number of halogens is 1. The minimum Gasteiger partial charge on any atom is -0.494 e. The second-order valence-corrected chi connectivity index (χ2v) is 8.40. The first-order valence-electron chi connectivity index (χ1n) is 8.04. The number of piperidine rings is 1. The largest absolute Gasteiger partial charge is 0.494 e. The van der Waals surface area contributed by atoms with Gasteiger partial charge in [-0.15, -0.1) is 0 Å². The van der Waals surface area contributed by atoms with Gasteiger partial charge in [-0.1, -0.05) is 6.07 Å². The summed E-state index contributed by atoms with van der Waals surface area (Å²) in [5, 5.41) is -0.187. The van der Waals surface area contributed by atoms with Gasteiger partial charge in [-0.05, 0) is 49.9 Å². The van der Waals surface area contributed by atoms with E-state index in [1.165, 1.54) is 13.2 Å². The monoisotopic (exact) mass is 342 g/mol. The van der Waals surface area contributed by atoms with Crippen molar-refractivity contribution in [1.29, 1.82) is 0 Å². The van der Waals surface area contributed by atoms with Crippen LogP contribution in [0.25, 0.3) is 0 Å². The third kappa shape index (κ3) is 4.22. The lowest BCUT2D eigenvalue weighted by molar-refractivity contribution is 0.194. The molecule has 7 heteroatoms. The van der Waals surface area contributed by atoms with E-state index >= 15 is 0 Å². The van der Waals surface area contributed by atoms with Gasteiger partial charge in [0.2, 0.25) is 10.0 Å². The molecule has 1 atom stereocenters. The Morgan fingerprint density at radius 3 is 2.78 bits per heavy atom. The van der Waals surface area contributed by atoms with E-state index in [2.05, 4.69) is 9.62 Å². The lowest BCUT2D eigenvalue weighted by atomic mass is 10.1. The van der Waals surface area contributed by atoms with Crippen LogP contribution in [0.4, 0.5) is 4.39 Å². The molecule has 1 aliphatic carbocycles. The standard InChI is InChI=1S/C16H23FN2O3S/c1-22-16-7-4-12(9-15(16)17)10-19-8-2-3-13(11-19)18-23(20,21)14-5-6-14/h4,7,9,13-14,18H,2-3,5-6,8,10-11H2,1H3. The van der Waals surface area contributed by atoms with Crippen molar-refractivity contribution in [2.24, 2.45) is 0 Å². The molecule has 0 radical (unpaired) electrons. The zero-order chi connectivity index (χ0) is 16.4. The Balaban J connectivity index is 1.59. The molecule has 1 N–H and O–H groups in total. The summed E-state index contributed by atoms with van der Waals surface area (Å²) < 4.78 is 45.6. The highest BCUT2D eigenvalue weighted by Crippen LogP contribution is 2.28. The first kappa shape index (κ1) is 16.7. The molecule has 2 fully saturated rings. The molecule has 1 aliphatic heterocycles. The van der Waals surface area contributed by atoms with Crippen LogP contribution in [0.5, 0.6) is 5.75 Å². The number of hydrogen-bond donors (Lipinski definition) is 1. The Morgan fingerprint density at radius 1 is 1.35 bits per heavy atom. The molecule has 0 spiro atoms. The molecular weight excluding hydrogens is 319 g/mol. The molecule has 0 aromatic heterocycles. The zero-order valence-corrected chi connectivity index (χ0v) is 14.1. The SMILES string of the molecule is COc1ccc(CN2CCCC(NS(=O)(=O)C3CC3)C2)cc1F. The average Bonchev–Trinajstić information content (AvgIpc) is 3.32. The van der Waals surface area contributed by atoms with Gasteiger partial charge in [-0.3, -0.25) is 4.90 Å². The third-order valence-corrected chi connectivity index (χ3v) is 6.43. The number of nitrogens with one attached hydrogen (secondary N) is 1. The number of rotatable bonds is 6. The maximum absolute atomic E-state index is 13.8. The van der Waals surface area contributed by atoms with E-state index in [-0.39, 0.29) is 22.9 Å². The van der Waals surface area contributed by atoms with E-state index in [0.717, 1.165) is 37.8 Å². The van der Waals surface area contributed by atoms with E-state index < -0.39 is 10.0 Å². The van der Waals surface area contributed by atoms with Crippen molar-refractivity contribution in [1.82, 2.24) is 9.62 Å². The number of ether oxygens (including phenoxy) is 1. The summed E-state index contributed by atoms with van der Waals surface area (Å²) in [5.74, 6) is -0.129. The van der Waals surface area contributed by atoms with Crippen LogP contribution >= 0.6 is 0 Å². The zero-order valence-electron chi connectivity index (χ0n) is 13.3. The van der Waals surface area contributed by atoms with Crippen LogP contribution in [-0.4, -0.2) is 44.8 Å². The van der Waals surface area contributed by atoms with Crippen molar-refractivity contribution in [3.05, 3.63) is 29.6 Å². The van der Waals surface area contributed by atoms with Crippen molar-refractivity contribution in [3.8, 4) is 5.75 Å². The second-order valence-electron chi connectivity index (χ2n) is 6.41. The van der Waals surface area contributed by atoms with Crippen LogP contribution in [-0.2, 0) is 16.6 Å². The maximum Gasteiger partial charge on any atom is 0.214 e. The fraction of sp³-hybridized carbons (Fsp3) is 0.625. The van der Waals surface area contributed by atoms with Crippen LogP contribution in [0.3, 0.4) is 0 Å². The van der Waals surface area contributed by atoms with Crippen LogP contribution < -0.4 is 9.46 Å². The Bertz CT molecular complexity index is 661. The average molecular weight is 342 g/mol. The van der Waals surface area contributed by atoms with Crippen molar-refractivity contribution < 1.29 is 17.5 Å². The first-order valence-corrected chi connectivity index (χ1v) is 9.58. The topological polar surface area (TPSA) is 58.6 Å². The Labute approximate surface area is 136 Å². The predicted octanol–water partition coefficient (Wildman–Crippen LogP) is 1.88. The highest BCUT2D eigenvalue weighted by atomic mass is 32.2. The minimum atomic E-state index is -3.15. The summed E-state index contributed by atoms with van der Waals surface area (Å²) in [6, 6.07) is 4.91. The van der Waals surface area contributed by atoms with E-state index in [1.54, 1.807) is 6.07 Å². The molecule has 1 unspecified atom stereocenters. The van der Waals surface area contributed by atoms with Gasteiger partial charge in [0.05, 0.1) is 12.4 Å². The highest BCUT2D eigenvalue weighted by Gasteiger charge is 2.37. The fourth-order valence-electron chi connectivity index (χ4n) is 3.07. The molecule has 1 saturated heterocycles. The quantitative estimate of drug-likeness (QED) is 0.858. The molecule has 1 heterocycles. The number of benzene rings is 1. The van der Waals surface area contributed by atoms with Gasteiger partial charge in [-0.2, -0.15) is 0 Å². The van der Waals surface area contributed by atoms with Crippen molar-refractivity contribution in [3.63, 3.8) is 0 Å². The molecule has 23 heavy (non-hydrogen) atoms. The van der Waals surface area contributed by atoms with Crippen LogP contribution in [0.15, 0.2) is 18.2 Å². The summed E-state index contributed by atoms with van der Waals surface area (Å²) in [4.78, 5) is 2.17. The lowest BCUT2D eigenvalue weighted by Gasteiger charge is -2.33. The Morgan fingerprint density at radius 2 is 2.13 bits per heavy atom. The van der Waals surface area contributed by atoms with Crippen molar-refractivity contribution >= 4 is 10.0 Å². The maximum atomic E-state index is 13.8. The summed E-state index contributed by atoms with van der Waals surface area (Å²) >= 11 is 0. The molecule has 3 rings (SSSR count).